The van der Waals surface area contributed by atoms with Crippen molar-refractivity contribution in [3.05, 3.63) is 29.8 Å². The lowest BCUT2D eigenvalue weighted by Gasteiger charge is -2.00. The maximum absolute atomic E-state index is 10.7. The van der Waals surface area contributed by atoms with Gasteiger partial charge in [0.2, 0.25) is 0 Å². The lowest BCUT2D eigenvalue weighted by Crippen LogP contribution is -1.92. The summed E-state index contributed by atoms with van der Waals surface area (Å²) in [6.45, 7) is 1.60. The van der Waals surface area contributed by atoms with Crippen LogP contribution in [0.5, 0.6) is 5.75 Å². The van der Waals surface area contributed by atoms with Crippen molar-refractivity contribution >= 4 is 5.78 Å². The van der Waals surface area contributed by atoms with Gasteiger partial charge >= 0.3 is 0 Å². The summed E-state index contributed by atoms with van der Waals surface area (Å²) in [7, 11) is 0. The number of rotatable bonds is 4. The Morgan fingerprint density at radius 3 is 2.85 bits per heavy atom. The number of hydrogen-bond acceptors (Lipinski definition) is 2. The van der Waals surface area contributed by atoms with E-state index in [-0.39, 0.29) is 5.78 Å². The fraction of sp³-hybridized carbons (Fsp3) is 0.364. The van der Waals surface area contributed by atoms with Gasteiger partial charge in [0.1, 0.15) is 11.5 Å². The Kier molecular flexibility index (Phi) is 3.50. The Balaban J connectivity index is 2.41. The quantitative estimate of drug-likeness (QED) is 0.768. The van der Waals surface area contributed by atoms with Gasteiger partial charge in [-0.2, -0.15) is 0 Å². The number of carbonyl (C=O) groups is 1. The second-order valence-electron chi connectivity index (χ2n) is 3.23. The monoisotopic (exact) mass is 178 g/mol. The molecule has 13 heavy (non-hydrogen) atoms. The summed E-state index contributed by atoms with van der Waals surface area (Å²) in [5.41, 5.74) is 1.08. The topological polar surface area (TPSA) is 37.3 Å². The molecule has 0 saturated carbocycles. The lowest BCUT2D eigenvalue weighted by atomic mass is 10.1. The van der Waals surface area contributed by atoms with Crippen LogP contribution >= 0.6 is 0 Å². The zero-order valence-electron chi connectivity index (χ0n) is 7.79. The standard InChI is InChI=1S/C11H14O2/c1-9(12)4-2-5-10-6-3-7-11(13)8-10/h3,6-8,13H,2,4-5H2,1H3. The molecule has 0 unspecified atom stereocenters. The number of phenols is 1. The van der Waals surface area contributed by atoms with Gasteiger partial charge in [-0.25, -0.2) is 0 Å². The fourth-order valence-corrected chi connectivity index (χ4v) is 1.25. The minimum absolute atomic E-state index is 0.222. The van der Waals surface area contributed by atoms with Crippen molar-refractivity contribution in [3.63, 3.8) is 0 Å². The van der Waals surface area contributed by atoms with Gasteiger partial charge in [-0.15, -0.1) is 0 Å². The largest absolute Gasteiger partial charge is 0.508 e. The van der Waals surface area contributed by atoms with E-state index < -0.39 is 0 Å². The van der Waals surface area contributed by atoms with E-state index >= 15 is 0 Å². The molecule has 0 fully saturated rings. The zero-order chi connectivity index (χ0) is 9.68. The molecule has 1 aromatic rings. The number of hydrogen-bond donors (Lipinski definition) is 1. The van der Waals surface area contributed by atoms with Crippen molar-refractivity contribution in [2.75, 3.05) is 0 Å². The Bertz CT molecular complexity index is 292. The molecule has 70 valence electrons. The maximum atomic E-state index is 10.7. The summed E-state index contributed by atoms with van der Waals surface area (Å²) < 4.78 is 0. The van der Waals surface area contributed by atoms with Crippen LogP contribution in [0.1, 0.15) is 25.3 Å². The molecule has 0 saturated heterocycles. The summed E-state index contributed by atoms with van der Waals surface area (Å²) in [5.74, 6) is 0.514. The fourth-order valence-electron chi connectivity index (χ4n) is 1.25. The molecule has 0 bridgehead atoms. The van der Waals surface area contributed by atoms with Crippen LogP contribution in [0.2, 0.25) is 0 Å². The van der Waals surface area contributed by atoms with Crippen molar-refractivity contribution in [3.8, 4) is 5.75 Å². The van der Waals surface area contributed by atoms with E-state index in [2.05, 4.69) is 0 Å². The summed E-state index contributed by atoms with van der Waals surface area (Å²) in [6, 6.07) is 7.16. The van der Waals surface area contributed by atoms with E-state index in [0.29, 0.717) is 12.2 Å². The van der Waals surface area contributed by atoms with E-state index in [0.717, 1.165) is 18.4 Å². The van der Waals surface area contributed by atoms with Crippen LogP contribution in [0.3, 0.4) is 0 Å². The van der Waals surface area contributed by atoms with Gasteiger partial charge in [0, 0.05) is 6.42 Å². The number of ketones is 1. The number of phenolic OH excluding ortho intramolecular Hbond substituents is 1. The Morgan fingerprint density at radius 2 is 2.23 bits per heavy atom. The number of Topliss-reactive ketones (excluding diaryl/α,β-unsaturated/α-hetero) is 1. The molecule has 0 aromatic heterocycles. The molecule has 1 N–H and O–H groups in total. The zero-order valence-corrected chi connectivity index (χ0v) is 7.79. The van der Waals surface area contributed by atoms with E-state index in [1.54, 1.807) is 19.1 Å². The van der Waals surface area contributed by atoms with Gasteiger partial charge in [-0.05, 0) is 37.5 Å². The number of carbonyl (C=O) groups excluding carboxylic acids is 1. The molecule has 1 rings (SSSR count). The van der Waals surface area contributed by atoms with E-state index in [4.69, 9.17) is 5.11 Å². The molecule has 0 radical (unpaired) electrons. The second-order valence-corrected chi connectivity index (χ2v) is 3.23. The summed E-state index contributed by atoms with van der Waals surface area (Å²) in [4.78, 5) is 10.7. The van der Waals surface area contributed by atoms with Gasteiger partial charge in [-0.3, -0.25) is 0 Å². The molecular weight excluding hydrogens is 164 g/mol. The normalized spacial score (nSPS) is 9.92. The summed E-state index contributed by atoms with van der Waals surface area (Å²) >= 11 is 0. The first-order valence-corrected chi connectivity index (χ1v) is 4.46. The van der Waals surface area contributed by atoms with Crippen molar-refractivity contribution in [1.29, 1.82) is 0 Å². The molecule has 0 heterocycles. The number of aromatic hydroxyl groups is 1. The third-order valence-corrected chi connectivity index (χ3v) is 1.90. The molecule has 0 atom stereocenters. The Morgan fingerprint density at radius 1 is 1.46 bits per heavy atom. The highest BCUT2D eigenvalue weighted by molar-refractivity contribution is 5.75. The van der Waals surface area contributed by atoms with Crippen LogP contribution in [0, 0.1) is 0 Å². The molecular formula is C11H14O2. The average molecular weight is 178 g/mol. The minimum Gasteiger partial charge on any atom is -0.508 e. The number of aryl methyl sites for hydroxylation is 1. The molecule has 0 spiro atoms. The van der Waals surface area contributed by atoms with E-state index in [9.17, 15) is 4.79 Å². The molecule has 0 aliphatic heterocycles. The highest BCUT2D eigenvalue weighted by Crippen LogP contribution is 2.12. The van der Waals surface area contributed by atoms with Gasteiger partial charge in [0.05, 0.1) is 0 Å². The van der Waals surface area contributed by atoms with Crippen molar-refractivity contribution in [2.24, 2.45) is 0 Å². The smallest absolute Gasteiger partial charge is 0.129 e. The summed E-state index contributed by atoms with van der Waals surface area (Å²) in [5, 5.41) is 9.15. The highest BCUT2D eigenvalue weighted by Gasteiger charge is 1.96. The Hall–Kier alpha value is -1.31. The van der Waals surface area contributed by atoms with Crippen LogP contribution in [0.15, 0.2) is 24.3 Å². The van der Waals surface area contributed by atoms with Crippen LogP contribution < -0.4 is 0 Å². The van der Waals surface area contributed by atoms with Gasteiger partial charge < -0.3 is 9.90 Å². The van der Waals surface area contributed by atoms with Gasteiger partial charge in [-0.1, -0.05) is 12.1 Å². The molecule has 0 aliphatic rings. The third-order valence-electron chi connectivity index (χ3n) is 1.90. The van der Waals surface area contributed by atoms with E-state index in [1.165, 1.54) is 0 Å². The van der Waals surface area contributed by atoms with E-state index in [1.807, 2.05) is 12.1 Å². The molecule has 2 heteroatoms. The second kappa shape index (κ2) is 4.65. The summed E-state index contributed by atoms with van der Waals surface area (Å²) in [6.07, 6.45) is 2.34. The van der Waals surface area contributed by atoms with Gasteiger partial charge in [0.15, 0.2) is 0 Å². The van der Waals surface area contributed by atoms with Crippen LogP contribution in [0.25, 0.3) is 0 Å². The first kappa shape index (κ1) is 9.78. The van der Waals surface area contributed by atoms with Crippen LogP contribution in [0.4, 0.5) is 0 Å². The maximum Gasteiger partial charge on any atom is 0.129 e. The predicted octanol–water partition coefficient (Wildman–Crippen LogP) is 2.30. The lowest BCUT2D eigenvalue weighted by molar-refractivity contribution is -0.117. The van der Waals surface area contributed by atoms with Gasteiger partial charge in [0.25, 0.3) is 0 Å². The highest BCUT2D eigenvalue weighted by atomic mass is 16.3. The van der Waals surface area contributed by atoms with Crippen molar-refractivity contribution in [2.45, 2.75) is 26.2 Å². The van der Waals surface area contributed by atoms with Crippen molar-refractivity contribution in [1.82, 2.24) is 0 Å². The minimum atomic E-state index is 0.222. The Labute approximate surface area is 78.2 Å². The van der Waals surface area contributed by atoms with Crippen LogP contribution in [-0.2, 0) is 11.2 Å². The first-order valence-electron chi connectivity index (χ1n) is 4.46. The first-order chi connectivity index (χ1) is 6.18. The van der Waals surface area contributed by atoms with Crippen LogP contribution in [-0.4, -0.2) is 10.9 Å². The third kappa shape index (κ3) is 3.74. The average Bonchev–Trinajstić information content (AvgIpc) is 2.03. The molecule has 2 nitrogen and oxygen atoms in total. The predicted molar refractivity (Wildman–Crippen MR) is 51.7 cm³/mol. The molecule has 0 aliphatic carbocycles. The SMILES string of the molecule is CC(=O)CCCc1cccc(O)c1. The molecule has 0 amide bonds. The van der Waals surface area contributed by atoms with Crippen molar-refractivity contribution < 1.29 is 9.90 Å². The number of benzene rings is 1. The molecule has 1 aromatic carbocycles.